The van der Waals surface area contributed by atoms with Crippen LogP contribution in [0.15, 0.2) is 144 Å². The molecule has 0 atom stereocenters. The SMILES string of the molecule is C=C/C=C\c1ccc2oc3cc(-c4c5ccccc5c(-c5cccc6ccccc56)c5ccccc45)ccc3c2c1C. The van der Waals surface area contributed by atoms with Crippen molar-refractivity contribution >= 4 is 60.3 Å². The molecular formula is C41H28O. The fourth-order valence-electron chi connectivity index (χ4n) is 6.74. The predicted molar refractivity (Wildman–Crippen MR) is 181 cm³/mol. The van der Waals surface area contributed by atoms with Gasteiger partial charge in [0.15, 0.2) is 0 Å². The Morgan fingerprint density at radius 1 is 0.571 bits per heavy atom. The first-order chi connectivity index (χ1) is 20.7. The first-order valence-corrected chi connectivity index (χ1v) is 14.4. The van der Waals surface area contributed by atoms with Crippen molar-refractivity contribution in [1.82, 2.24) is 0 Å². The fraction of sp³-hybridized carbons (Fsp3) is 0.0244. The first kappa shape index (κ1) is 24.4. The molecule has 0 fully saturated rings. The summed E-state index contributed by atoms with van der Waals surface area (Å²) >= 11 is 0. The monoisotopic (exact) mass is 536 g/mol. The van der Waals surface area contributed by atoms with Gasteiger partial charge in [0.1, 0.15) is 11.2 Å². The third kappa shape index (κ3) is 3.64. The van der Waals surface area contributed by atoms with Gasteiger partial charge in [-0.1, -0.05) is 128 Å². The van der Waals surface area contributed by atoms with Crippen molar-refractivity contribution in [2.75, 3.05) is 0 Å². The summed E-state index contributed by atoms with van der Waals surface area (Å²) < 4.78 is 6.48. The Labute approximate surface area is 244 Å². The molecule has 0 saturated carbocycles. The van der Waals surface area contributed by atoms with E-state index in [-0.39, 0.29) is 0 Å². The highest BCUT2D eigenvalue weighted by molar-refractivity contribution is 6.24. The third-order valence-corrected chi connectivity index (χ3v) is 8.63. The summed E-state index contributed by atoms with van der Waals surface area (Å²) in [6.45, 7) is 5.99. The number of hydrogen-bond acceptors (Lipinski definition) is 1. The van der Waals surface area contributed by atoms with Crippen molar-refractivity contribution < 1.29 is 4.42 Å². The van der Waals surface area contributed by atoms with Crippen molar-refractivity contribution in [2.45, 2.75) is 6.92 Å². The van der Waals surface area contributed by atoms with Crippen LogP contribution in [0.5, 0.6) is 0 Å². The molecule has 42 heavy (non-hydrogen) atoms. The second-order valence-corrected chi connectivity index (χ2v) is 10.9. The van der Waals surface area contributed by atoms with Crippen LogP contribution in [0, 0.1) is 6.92 Å². The Morgan fingerprint density at radius 2 is 1.21 bits per heavy atom. The number of hydrogen-bond donors (Lipinski definition) is 0. The number of fused-ring (bicyclic) bond motifs is 6. The summed E-state index contributed by atoms with van der Waals surface area (Å²) in [7, 11) is 0. The molecule has 0 unspecified atom stereocenters. The minimum Gasteiger partial charge on any atom is -0.456 e. The van der Waals surface area contributed by atoms with E-state index >= 15 is 0 Å². The average molecular weight is 537 g/mol. The largest absolute Gasteiger partial charge is 0.456 e. The molecule has 8 rings (SSSR count). The maximum atomic E-state index is 6.48. The number of allylic oxidation sites excluding steroid dienone is 2. The Kier molecular flexibility index (Phi) is 5.58. The zero-order valence-electron chi connectivity index (χ0n) is 23.4. The van der Waals surface area contributed by atoms with E-state index < -0.39 is 0 Å². The lowest BCUT2D eigenvalue weighted by molar-refractivity contribution is 0.669. The van der Waals surface area contributed by atoms with E-state index in [1.807, 2.05) is 12.2 Å². The molecule has 1 aromatic heterocycles. The molecule has 0 aliphatic carbocycles. The number of benzene rings is 7. The summed E-state index contributed by atoms with van der Waals surface area (Å²) in [5.74, 6) is 0. The second-order valence-electron chi connectivity index (χ2n) is 10.9. The molecule has 0 radical (unpaired) electrons. The maximum Gasteiger partial charge on any atom is 0.136 e. The number of rotatable bonds is 4. The molecule has 0 bridgehead atoms. The van der Waals surface area contributed by atoms with Gasteiger partial charge in [-0.25, -0.2) is 0 Å². The average Bonchev–Trinajstić information content (AvgIpc) is 3.41. The molecule has 0 N–H and O–H groups in total. The predicted octanol–water partition coefficient (Wildman–Crippen LogP) is 11.9. The highest BCUT2D eigenvalue weighted by Gasteiger charge is 2.19. The van der Waals surface area contributed by atoms with Crippen LogP contribution in [-0.2, 0) is 0 Å². The van der Waals surface area contributed by atoms with Crippen LogP contribution in [0.3, 0.4) is 0 Å². The van der Waals surface area contributed by atoms with Crippen LogP contribution in [0.2, 0.25) is 0 Å². The Balaban J connectivity index is 1.43. The van der Waals surface area contributed by atoms with Crippen LogP contribution in [-0.4, -0.2) is 0 Å². The minimum absolute atomic E-state index is 0.904. The molecule has 0 amide bonds. The van der Waals surface area contributed by atoms with Gasteiger partial charge in [-0.05, 0) is 90.8 Å². The highest BCUT2D eigenvalue weighted by atomic mass is 16.3. The third-order valence-electron chi connectivity index (χ3n) is 8.63. The zero-order valence-corrected chi connectivity index (χ0v) is 23.4. The van der Waals surface area contributed by atoms with Gasteiger partial charge < -0.3 is 4.42 Å². The van der Waals surface area contributed by atoms with Crippen molar-refractivity contribution in [3.8, 4) is 22.3 Å². The van der Waals surface area contributed by atoms with Gasteiger partial charge in [0.25, 0.3) is 0 Å². The van der Waals surface area contributed by atoms with Gasteiger partial charge in [-0.3, -0.25) is 0 Å². The van der Waals surface area contributed by atoms with E-state index in [2.05, 4.69) is 141 Å². The molecule has 0 spiro atoms. The number of furan rings is 1. The van der Waals surface area contributed by atoms with Gasteiger partial charge in [0.05, 0.1) is 0 Å². The molecule has 0 aliphatic rings. The first-order valence-electron chi connectivity index (χ1n) is 14.4. The summed E-state index contributed by atoms with van der Waals surface area (Å²) in [5.41, 5.74) is 9.14. The van der Waals surface area contributed by atoms with Crippen LogP contribution in [0.1, 0.15) is 11.1 Å². The van der Waals surface area contributed by atoms with E-state index in [1.54, 1.807) is 0 Å². The van der Waals surface area contributed by atoms with Gasteiger partial charge >= 0.3 is 0 Å². The minimum atomic E-state index is 0.904. The summed E-state index contributed by atoms with van der Waals surface area (Å²) in [4.78, 5) is 0. The Morgan fingerprint density at radius 3 is 1.93 bits per heavy atom. The second kappa shape index (κ2) is 9.61. The topological polar surface area (TPSA) is 13.1 Å². The molecule has 7 aromatic carbocycles. The smallest absolute Gasteiger partial charge is 0.136 e. The Hall–Kier alpha value is -5.40. The molecule has 1 heterocycles. The van der Waals surface area contributed by atoms with Gasteiger partial charge in [-0.2, -0.15) is 0 Å². The molecule has 0 saturated heterocycles. The van der Waals surface area contributed by atoms with Crippen LogP contribution < -0.4 is 0 Å². The zero-order chi connectivity index (χ0) is 28.2. The summed E-state index contributed by atoms with van der Waals surface area (Å²) in [6.07, 6.45) is 5.89. The quantitative estimate of drug-likeness (QED) is 0.161. The van der Waals surface area contributed by atoms with Crippen LogP contribution in [0.25, 0.3) is 82.6 Å². The van der Waals surface area contributed by atoms with Crippen LogP contribution in [0.4, 0.5) is 0 Å². The van der Waals surface area contributed by atoms with E-state index in [4.69, 9.17) is 4.42 Å². The molecule has 8 aromatic rings. The van der Waals surface area contributed by atoms with Crippen LogP contribution >= 0.6 is 0 Å². The van der Waals surface area contributed by atoms with E-state index in [9.17, 15) is 0 Å². The molecule has 0 aliphatic heterocycles. The highest BCUT2D eigenvalue weighted by Crippen LogP contribution is 2.46. The Bertz CT molecular complexity index is 2320. The molecular weight excluding hydrogens is 508 g/mol. The summed E-state index contributed by atoms with van der Waals surface area (Å²) in [5, 5.41) is 9.81. The molecule has 1 nitrogen and oxygen atoms in total. The van der Waals surface area contributed by atoms with Crippen molar-refractivity contribution in [3.05, 3.63) is 151 Å². The van der Waals surface area contributed by atoms with Crippen molar-refractivity contribution in [3.63, 3.8) is 0 Å². The standard InChI is InChI=1S/C41H28O/c1-3-4-12-27-22-24-37-39(26(27)2)36-23-21-29(25-38(36)42-37)40-32-16-7-9-18-34(32)41(35-19-10-8-17-33(35)40)31-20-11-14-28-13-5-6-15-30(28)31/h3-25H,1H2,2H3/b12-4-. The molecule has 1 heteroatoms. The van der Waals surface area contributed by atoms with Gasteiger partial charge in [0, 0.05) is 10.8 Å². The maximum absolute atomic E-state index is 6.48. The number of aryl methyl sites for hydroxylation is 1. The van der Waals surface area contributed by atoms with E-state index in [0.29, 0.717) is 0 Å². The van der Waals surface area contributed by atoms with E-state index in [1.165, 1.54) is 65.5 Å². The lowest BCUT2D eigenvalue weighted by atomic mass is 9.84. The lowest BCUT2D eigenvalue weighted by Gasteiger charge is -2.18. The normalized spacial score (nSPS) is 11.9. The van der Waals surface area contributed by atoms with Crippen molar-refractivity contribution in [1.29, 1.82) is 0 Å². The molecule has 198 valence electrons. The summed E-state index contributed by atoms with van der Waals surface area (Å²) in [6, 6.07) is 43.9. The van der Waals surface area contributed by atoms with Gasteiger partial charge in [0.2, 0.25) is 0 Å². The lowest BCUT2D eigenvalue weighted by Crippen LogP contribution is -1.91. The van der Waals surface area contributed by atoms with E-state index in [0.717, 1.165) is 22.1 Å². The van der Waals surface area contributed by atoms with Gasteiger partial charge in [-0.15, -0.1) is 0 Å². The van der Waals surface area contributed by atoms with Crippen molar-refractivity contribution in [2.24, 2.45) is 0 Å². The fourth-order valence-corrected chi connectivity index (χ4v) is 6.74.